The molecule has 4 aromatic rings. The molecule has 0 aliphatic carbocycles. The van der Waals surface area contributed by atoms with Gasteiger partial charge in [-0.1, -0.05) is 60.1 Å². The Morgan fingerprint density at radius 1 is 0.967 bits per heavy atom. The summed E-state index contributed by atoms with van der Waals surface area (Å²) in [4.78, 5) is -0.189. The standard InChI is InChI=1S/C24H17ClN2O2S/c25-20-12-10-18(11-13-20)16-27-17-19(23-8-4-5-9-24(23)27)14-22(15-26)30(28,29)21-6-2-1-3-7-21/h1-14,17H,16H2. The van der Waals surface area contributed by atoms with Gasteiger partial charge in [-0.25, -0.2) is 8.42 Å². The maximum Gasteiger partial charge on any atom is 0.216 e. The molecule has 0 atom stereocenters. The Balaban J connectivity index is 1.81. The first-order valence-corrected chi connectivity index (χ1v) is 11.1. The van der Waals surface area contributed by atoms with E-state index in [4.69, 9.17) is 11.6 Å². The lowest BCUT2D eigenvalue weighted by molar-refractivity contribution is 0.603. The van der Waals surface area contributed by atoms with Crippen LogP contribution in [0.2, 0.25) is 5.02 Å². The Labute approximate surface area is 180 Å². The normalized spacial score (nSPS) is 12.1. The summed E-state index contributed by atoms with van der Waals surface area (Å²) in [7, 11) is -3.90. The number of hydrogen-bond acceptors (Lipinski definition) is 3. The van der Waals surface area contributed by atoms with E-state index in [2.05, 4.69) is 0 Å². The molecule has 0 bridgehead atoms. The van der Waals surface area contributed by atoms with Crippen LogP contribution in [0.5, 0.6) is 0 Å². The highest BCUT2D eigenvalue weighted by Gasteiger charge is 2.21. The molecule has 0 spiro atoms. The van der Waals surface area contributed by atoms with Crippen LogP contribution in [0, 0.1) is 11.3 Å². The summed E-state index contributed by atoms with van der Waals surface area (Å²) < 4.78 is 27.9. The van der Waals surface area contributed by atoms with Gasteiger partial charge in [-0.15, -0.1) is 0 Å². The van der Waals surface area contributed by atoms with Gasteiger partial charge in [0.25, 0.3) is 0 Å². The van der Waals surface area contributed by atoms with Gasteiger partial charge in [-0.05, 0) is 42.0 Å². The highest BCUT2D eigenvalue weighted by Crippen LogP contribution is 2.27. The van der Waals surface area contributed by atoms with Crippen molar-refractivity contribution < 1.29 is 8.42 Å². The second-order valence-electron chi connectivity index (χ2n) is 6.79. The molecule has 1 aromatic heterocycles. The summed E-state index contributed by atoms with van der Waals surface area (Å²) in [6.45, 7) is 0.596. The largest absolute Gasteiger partial charge is 0.342 e. The van der Waals surface area contributed by atoms with E-state index in [0.717, 1.165) is 16.5 Å². The van der Waals surface area contributed by atoms with Crippen LogP contribution in [-0.4, -0.2) is 13.0 Å². The fourth-order valence-corrected chi connectivity index (χ4v) is 4.64. The summed E-state index contributed by atoms with van der Waals surface area (Å²) in [5.74, 6) is 0. The molecule has 0 fully saturated rings. The van der Waals surface area contributed by atoms with Crippen molar-refractivity contribution in [2.45, 2.75) is 11.4 Å². The van der Waals surface area contributed by atoms with Gasteiger partial charge in [-0.3, -0.25) is 0 Å². The number of halogens is 1. The lowest BCUT2D eigenvalue weighted by Crippen LogP contribution is -2.03. The number of aromatic nitrogens is 1. The molecule has 0 saturated carbocycles. The van der Waals surface area contributed by atoms with E-state index in [1.807, 2.05) is 65.4 Å². The van der Waals surface area contributed by atoms with Gasteiger partial charge in [0.15, 0.2) is 0 Å². The van der Waals surface area contributed by atoms with Crippen LogP contribution < -0.4 is 0 Å². The summed E-state index contributed by atoms with van der Waals surface area (Å²) in [6, 6.07) is 25.2. The third-order valence-electron chi connectivity index (χ3n) is 4.83. The predicted molar refractivity (Wildman–Crippen MR) is 120 cm³/mol. The van der Waals surface area contributed by atoms with Crippen molar-refractivity contribution in [2.24, 2.45) is 0 Å². The zero-order chi connectivity index (χ0) is 21.1. The molecule has 0 saturated heterocycles. The minimum Gasteiger partial charge on any atom is -0.342 e. The number of nitriles is 1. The molecule has 0 N–H and O–H groups in total. The van der Waals surface area contributed by atoms with E-state index in [1.54, 1.807) is 18.2 Å². The SMILES string of the molecule is N#CC(=Cc1cn(Cc2ccc(Cl)cc2)c2ccccc12)S(=O)(=O)c1ccccc1. The van der Waals surface area contributed by atoms with Crippen LogP contribution in [0.15, 0.2) is 94.9 Å². The minimum atomic E-state index is -3.90. The van der Waals surface area contributed by atoms with Gasteiger partial charge in [0.2, 0.25) is 9.84 Å². The molecule has 30 heavy (non-hydrogen) atoms. The van der Waals surface area contributed by atoms with Crippen LogP contribution in [0.25, 0.3) is 17.0 Å². The van der Waals surface area contributed by atoms with Gasteiger partial charge in [0.05, 0.1) is 4.90 Å². The maximum absolute atomic E-state index is 12.9. The van der Waals surface area contributed by atoms with Crippen LogP contribution in [-0.2, 0) is 16.4 Å². The Morgan fingerprint density at radius 3 is 2.33 bits per heavy atom. The average Bonchev–Trinajstić information content (AvgIpc) is 3.11. The van der Waals surface area contributed by atoms with Gasteiger partial charge < -0.3 is 4.57 Å². The molecule has 148 valence electrons. The van der Waals surface area contributed by atoms with Gasteiger partial charge in [-0.2, -0.15) is 5.26 Å². The summed E-state index contributed by atoms with van der Waals surface area (Å²) in [6.07, 6.45) is 3.32. The number of para-hydroxylation sites is 1. The van der Waals surface area contributed by atoms with Gasteiger partial charge in [0, 0.05) is 34.2 Å². The Bertz CT molecular complexity index is 1380. The highest BCUT2D eigenvalue weighted by molar-refractivity contribution is 7.95. The number of hydrogen-bond donors (Lipinski definition) is 0. The van der Waals surface area contributed by atoms with Crippen molar-refractivity contribution in [1.82, 2.24) is 4.57 Å². The summed E-state index contributed by atoms with van der Waals surface area (Å²) in [5.41, 5.74) is 2.69. The number of benzene rings is 3. The maximum atomic E-state index is 12.9. The van der Waals surface area contributed by atoms with Gasteiger partial charge in [0.1, 0.15) is 11.0 Å². The Hall–Kier alpha value is -3.33. The van der Waals surface area contributed by atoms with Crippen LogP contribution in [0.1, 0.15) is 11.1 Å². The Morgan fingerprint density at radius 2 is 1.63 bits per heavy atom. The number of rotatable bonds is 5. The summed E-state index contributed by atoms with van der Waals surface area (Å²) in [5, 5.41) is 11.2. The first kappa shape index (κ1) is 20.0. The molecule has 3 aromatic carbocycles. The van der Waals surface area contributed by atoms with E-state index in [-0.39, 0.29) is 9.80 Å². The fraction of sp³-hybridized carbons (Fsp3) is 0.0417. The molecule has 1 heterocycles. The first-order valence-electron chi connectivity index (χ1n) is 9.23. The predicted octanol–water partition coefficient (Wildman–Crippen LogP) is 5.68. The monoisotopic (exact) mass is 432 g/mol. The number of fused-ring (bicyclic) bond motifs is 1. The quantitative estimate of drug-likeness (QED) is 0.381. The zero-order valence-corrected chi connectivity index (χ0v) is 17.4. The lowest BCUT2D eigenvalue weighted by atomic mass is 10.1. The second kappa shape index (κ2) is 8.19. The van der Waals surface area contributed by atoms with E-state index in [1.165, 1.54) is 18.2 Å². The van der Waals surface area contributed by atoms with Crippen LogP contribution in [0.4, 0.5) is 0 Å². The first-order chi connectivity index (χ1) is 14.5. The van der Waals surface area contributed by atoms with Crippen molar-refractivity contribution in [1.29, 1.82) is 5.26 Å². The lowest BCUT2D eigenvalue weighted by Gasteiger charge is -2.05. The van der Waals surface area contributed by atoms with Crippen LogP contribution >= 0.6 is 11.6 Å². The molecule has 4 rings (SSSR count). The third-order valence-corrected chi connectivity index (χ3v) is 6.76. The average molecular weight is 433 g/mol. The van der Waals surface area contributed by atoms with E-state index in [0.29, 0.717) is 17.1 Å². The zero-order valence-electron chi connectivity index (χ0n) is 15.9. The topological polar surface area (TPSA) is 62.9 Å². The smallest absolute Gasteiger partial charge is 0.216 e. The molecule has 0 aliphatic rings. The van der Waals surface area contributed by atoms with Crippen molar-refractivity contribution in [2.75, 3.05) is 0 Å². The number of nitrogens with zero attached hydrogens (tertiary/aromatic N) is 2. The summed E-state index contributed by atoms with van der Waals surface area (Å²) >= 11 is 5.98. The molecular formula is C24H17ClN2O2S. The molecule has 0 unspecified atom stereocenters. The molecule has 6 heteroatoms. The van der Waals surface area contributed by atoms with Crippen molar-refractivity contribution in [3.63, 3.8) is 0 Å². The molecule has 0 radical (unpaired) electrons. The number of allylic oxidation sites excluding steroid dienone is 1. The van der Waals surface area contributed by atoms with E-state index in [9.17, 15) is 13.7 Å². The van der Waals surface area contributed by atoms with Crippen molar-refractivity contribution in [3.8, 4) is 6.07 Å². The molecule has 0 aliphatic heterocycles. The molecular weight excluding hydrogens is 416 g/mol. The van der Waals surface area contributed by atoms with Crippen molar-refractivity contribution >= 4 is 38.4 Å². The van der Waals surface area contributed by atoms with E-state index >= 15 is 0 Å². The number of sulfone groups is 1. The molecule has 4 nitrogen and oxygen atoms in total. The van der Waals surface area contributed by atoms with Crippen LogP contribution in [0.3, 0.4) is 0 Å². The third kappa shape index (κ3) is 3.88. The molecule has 0 amide bonds. The van der Waals surface area contributed by atoms with Crippen molar-refractivity contribution in [3.05, 3.63) is 106 Å². The fourth-order valence-electron chi connectivity index (χ4n) is 3.35. The highest BCUT2D eigenvalue weighted by atomic mass is 35.5. The minimum absolute atomic E-state index is 0.0997. The second-order valence-corrected chi connectivity index (χ2v) is 9.15. The van der Waals surface area contributed by atoms with Gasteiger partial charge >= 0.3 is 0 Å². The van der Waals surface area contributed by atoms with E-state index < -0.39 is 9.84 Å². The Kier molecular flexibility index (Phi) is 5.45.